The fraction of sp³-hybridized carbons (Fsp3) is 0.400. The van der Waals surface area contributed by atoms with Crippen LogP contribution in [0.5, 0.6) is 0 Å². The minimum absolute atomic E-state index is 0.0833. The molecule has 4 amide bonds. The Morgan fingerprint density at radius 3 is 0.812 bits per heavy atom. The van der Waals surface area contributed by atoms with Crippen molar-refractivity contribution in [3.05, 3.63) is 35.4 Å². The van der Waals surface area contributed by atoms with E-state index >= 15 is 0 Å². The number of carboxylic acid groups (broad SMARTS) is 2. The Hall–Kier alpha value is -3.96. The van der Waals surface area contributed by atoms with Gasteiger partial charge in [-0.05, 0) is 49.9 Å². The molecule has 0 unspecified atom stereocenters. The molecule has 32 heavy (non-hydrogen) atoms. The van der Waals surface area contributed by atoms with Gasteiger partial charge in [0.05, 0.1) is 11.1 Å². The first-order valence-electron chi connectivity index (χ1n) is 9.56. The molecule has 178 valence electrons. The maximum Gasteiger partial charge on any atom is 0.335 e. The molecule has 0 saturated heterocycles. The Kier molecular flexibility index (Phi) is 16.9. The number of unbranched alkanes of at least 4 members (excludes halogenated alkanes) is 2. The Bertz CT molecular complexity index is 681. The molecule has 10 N–H and O–H groups in total. The van der Waals surface area contributed by atoms with Crippen molar-refractivity contribution in [3.8, 4) is 0 Å². The molecule has 0 aliphatic heterocycles. The molecule has 1 rings (SSSR count). The highest BCUT2D eigenvalue weighted by atomic mass is 16.4. The highest BCUT2D eigenvalue weighted by Gasteiger charge is 2.04. The van der Waals surface area contributed by atoms with Crippen LogP contribution in [0.4, 0.5) is 0 Å². The molecule has 0 heterocycles. The van der Waals surface area contributed by atoms with Crippen molar-refractivity contribution in [1.29, 1.82) is 0 Å². The highest BCUT2D eigenvalue weighted by Crippen LogP contribution is 2.03. The lowest BCUT2D eigenvalue weighted by atomic mass is 10.1. The topological polar surface area (TPSA) is 247 Å². The van der Waals surface area contributed by atoms with E-state index in [9.17, 15) is 28.8 Å². The minimum Gasteiger partial charge on any atom is -0.478 e. The Morgan fingerprint density at radius 2 is 0.688 bits per heavy atom. The summed E-state index contributed by atoms with van der Waals surface area (Å²) in [6, 6.07) is 5.02. The average Bonchev–Trinajstić information content (AvgIpc) is 2.69. The molecule has 0 bridgehead atoms. The molecule has 0 saturated carbocycles. The molecule has 12 heteroatoms. The van der Waals surface area contributed by atoms with Crippen LogP contribution in [0.25, 0.3) is 0 Å². The number of aromatic carboxylic acids is 2. The van der Waals surface area contributed by atoms with E-state index in [0.29, 0.717) is 51.4 Å². The predicted molar refractivity (Wildman–Crippen MR) is 114 cm³/mol. The SMILES string of the molecule is NC(=O)CCCCC(N)=O.NC(=O)CCCCC(N)=O.O=C(O)c1ccc(C(=O)O)cc1. The summed E-state index contributed by atoms with van der Waals surface area (Å²) in [6.07, 6.45) is 3.97. The molecule has 0 spiro atoms. The maximum absolute atomic E-state index is 10.3. The predicted octanol–water partition coefficient (Wildman–Crippen LogP) is 0.118. The molecule has 0 aromatic heterocycles. The van der Waals surface area contributed by atoms with Gasteiger partial charge in [0.15, 0.2) is 0 Å². The second-order valence-electron chi connectivity index (χ2n) is 6.47. The lowest BCUT2D eigenvalue weighted by molar-refractivity contribution is -0.119. The van der Waals surface area contributed by atoms with Crippen molar-refractivity contribution < 1.29 is 39.0 Å². The number of rotatable bonds is 12. The van der Waals surface area contributed by atoms with E-state index in [1.54, 1.807) is 0 Å². The number of hydrogen-bond acceptors (Lipinski definition) is 6. The van der Waals surface area contributed by atoms with E-state index in [2.05, 4.69) is 0 Å². The lowest BCUT2D eigenvalue weighted by Gasteiger charge is -1.94. The average molecular weight is 454 g/mol. The fourth-order valence-corrected chi connectivity index (χ4v) is 1.95. The van der Waals surface area contributed by atoms with Crippen LogP contribution in [0.1, 0.15) is 72.1 Å². The van der Waals surface area contributed by atoms with Gasteiger partial charge in [0.2, 0.25) is 23.6 Å². The molecule has 0 aliphatic rings. The Balaban J connectivity index is 0. The Labute approximate surface area is 184 Å². The first-order valence-corrected chi connectivity index (χ1v) is 9.56. The number of carbonyl (C=O) groups excluding carboxylic acids is 4. The molecular formula is C20H30N4O8. The second kappa shape index (κ2) is 17.9. The molecule has 0 atom stereocenters. The number of benzene rings is 1. The normalized spacial score (nSPS) is 9.25. The number of primary amides is 4. The number of amides is 4. The van der Waals surface area contributed by atoms with Crippen LogP contribution in [0.2, 0.25) is 0 Å². The molecule has 1 aromatic rings. The zero-order chi connectivity index (χ0) is 25.1. The monoisotopic (exact) mass is 454 g/mol. The highest BCUT2D eigenvalue weighted by molar-refractivity contribution is 5.91. The van der Waals surface area contributed by atoms with Gasteiger partial charge in [-0.3, -0.25) is 19.2 Å². The van der Waals surface area contributed by atoms with Crippen molar-refractivity contribution >= 4 is 35.6 Å². The summed E-state index contributed by atoms with van der Waals surface area (Å²) < 4.78 is 0. The molecule has 0 radical (unpaired) electrons. The summed E-state index contributed by atoms with van der Waals surface area (Å²) in [5.41, 5.74) is 19.6. The molecule has 0 aliphatic carbocycles. The van der Waals surface area contributed by atoms with Gasteiger partial charge >= 0.3 is 11.9 Å². The van der Waals surface area contributed by atoms with Gasteiger partial charge in [-0.25, -0.2) is 9.59 Å². The summed E-state index contributed by atoms with van der Waals surface area (Å²) in [5, 5.41) is 16.9. The molecule has 12 nitrogen and oxygen atoms in total. The van der Waals surface area contributed by atoms with E-state index in [4.69, 9.17) is 33.1 Å². The van der Waals surface area contributed by atoms with E-state index in [1.165, 1.54) is 24.3 Å². The standard InChI is InChI=1S/C8H6O4.2C6H12N2O2/c9-7(10)5-1-2-6(4-3-5)8(11)12;2*7-5(9)3-1-2-4-6(8)10/h1-4H,(H,9,10)(H,11,12);2*1-4H2,(H2,7,9)(H2,8,10). The van der Waals surface area contributed by atoms with Crippen LogP contribution in [0.15, 0.2) is 24.3 Å². The molecule has 0 fully saturated rings. The first kappa shape index (κ1) is 30.2. The summed E-state index contributed by atoms with van der Waals surface area (Å²) in [5.74, 6) is -3.44. The van der Waals surface area contributed by atoms with Gasteiger partial charge in [0, 0.05) is 25.7 Å². The third-order valence-electron chi connectivity index (χ3n) is 3.57. The smallest absolute Gasteiger partial charge is 0.335 e. The van der Waals surface area contributed by atoms with E-state index in [0.717, 1.165) is 0 Å². The molecule has 1 aromatic carbocycles. The summed E-state index contributed by atoms with van der Waals surface area (Å²) in [4.78, 5) is 61.3. The van der Waals surface area contributed by atoms with Crippen molar-refractivity contribution in [1.82, 2.24) is 0 Å². The van der Waals surface area contributed by atoms with Gasteiger partial charge in [0.1, 0.15) is 0 Å². The van der Waals surface area contributed by atoms with Gasteiger partial charge in [-0.1, -0.05) is 0 Å². The zero-order valence-electron chi connectivity index (χ0n) is 17.6. The first-order chi connectivity index (χ1) is 14.9. The van der Waals surface area contributed by atoms with Crippen LogP contribution in [-0.4, -0.2) is 45.8 Å². The summed E-state index contributed by atoms with van der Waals surface area (Å²) in [6.45, 7) is 0. The number of hydrogen-bond donors (Lipinski definition) is 6. The third-order valence-corrected chi connectivity index (χ3v) is 3.57. The van der Waals surface area contributed by atoms with Crippen LogP contribution >= 0.6 is 0 Å². The minimum atomic E-state index is -1.06. The quantitative estimate of drug-likeness (QED) is 0.236. The van der Waals surface area contributed by atoms with Crippen molar-refractivity contribution in [2.45, 2.75) is 51.4 Å². The summed E-state index contributed by atoms with van der Waals surface area (Å²) in [7, 11) is 0. The fourth-order valence-electron chi connectivity index (χ4n) is 1.95. The van der Waals surface area contributed by atoms with Gasteiger partial charge in [-0.15, -0.1) is 0 Å². The second-order valence-corrected chi connectivity index (χ2v) is 6.47. The zero-order valence-corrected chi connectivity index (χ0v) is 17.6. The van der Waals surface area contributed by atoms with Crippen molar-refractivity contribution in [2.24, 2.45) is 22.9 Å². The number of carboxylic acids is 2. The van der Waals surface area contributed by atoms with Crippen LogP contribution < -0.4 is 22.9 Å². The van der Waals surface area contributed by atoms with Crippen LogP contribution in [0, 0.1) is 0 Å². The molecular weight excluding hydrogens is 424 g/mol. The van der Waals surface area contributed by atoms with Crippen molar-refractivity contribution in [3.63, 3.8) is 0 Å². The van der Waals surface area contributed by atoms with Crippen LogP contribution in [0.3, 0.4) is 0 Å². The van der Waals surface area contributed by atoms with Crippen LogP contribution in [-0.2, 0) is 19.2 Å². The number of carbonyl (C=O) groups is 6. The summed E-state index contributed by atoms with van der Waals surface area (Å²) >= 11 is 0. The lowest BCUT2D eigenvalue weighted by Crippen LogP contribution is -2.12. The van der Waals surface area contributed by atoms with E-state index < -0.39 is 11.9 Å². The van der Waals surface area contributed by atoms with E-state index in [-0.39, 0.29) is 34.8 Å². The largest absolute Gasteiger partial charge is 0.478 e. The number of nitrogens with two attached hydrogens (primary N) is 4. The Morgan fingerprint density at radius 1 is 0.500 bits per heavy atom. The maximum atomic E-state index is 10.3. The third kappa shape index (κ3) is 20.8. The van der Waals surface area contributed by atoms with Gasteiger partial charge < -0.3 is 33.1 Å². The van der Waals surface area contributed by atoms with E-state index in [1.807, 2.05) is 0 Å². The van der Waals surface area contributed by atoms with Gasteiger partial charge in [0.25, 0.3) is 0 Å². The van der Waals surface area contributed by atoms with Gasteiger partial charge in [-0.2, -0.15) is 0 Å². The van der Waals surface area contributed by atoms with Crippen molar-refractivity contribution in [2.75, 3.05) is 0 Å².